The highest BCUT2D eigenvalue weighted by Gasteiger charge is 2.59. The molecule has 0 spiro atoms. The Balaban J connectivity index is 1.96. The lowest BCUT2D eigenvalue weighted by atomic mass is 10.1. The molecule has 1 aliphatic rings. The van der Waals surface area contributed by atoms with Gasteiger partial charge in [0.05, 0.1) is 22.1 Å². The van der Waals surface area contributed by atoms with Gasteiger partial charge in [0.25, 0.3) is 0 Å². The average Bonchev–Trinajstić information content (AvgIpc) is 3.24. The molecule has 0 unspecified atom stereocenters. The summed E-state index contributed by atoms with van der Waals surface area (Å²) < 4.78 is 26.2. The molecule has 0 saturated heterocycles. The van der Waals surface area contributed by atoms with Gasteiger partial charge >= 0.3 is 0 Å². The third-order valence-corrected chi connectivity index (χ3v) is 6.55. The second-order valence-electron chi connectivity index (χ2n) is 5.05. The first kappa shape index (κ1) is 14.3. The van der Waals surface area contributed by atoms with Crippen LogP contribution in [-0.4, -0.2) is 13.7 Å². The van der Waals surface area contributed by atoms with Crippen LogP contribution < -0.4 is 0 Å². The molecule has 1 saturated carbocycles. The molecule has 0 bridgehead atoms. The lowest BCUT2D eigenvalue weighted by Crippen LogP contribution is -2.10. The summed E-state index contributed by atoms with van der Waals surface area (Å²) in [6.07, 6.45) is 0. The van der Waals surface area contributed by atoms with Crippen LogP contribution in [0.4, 0.5) is 0 Å². The van der Waals surface area contributed by atoms with Gasteiger partial charge in [-0.15, -0.1) is 0 Å². The molecular weight excluding hydrogens is 350 g/mol. The first-order chi connectivity index (χ1) is 10.1. The maximum Gasteiger partial charge on any atom is 0.183 e. The van der Waals surface area contributed by atoms with Crippen molar-refractivity contribution in [3.8, 4) is 6.07 Å². The molecular formula is C16H12BrNO2S. The van der Waals surface area contributed by atoms with Crippen molar-refractivity contribution in [1.82, 2.24) is 0 Å². The van der Waals surface area contributed by atoms with Gasteiger partial charge in [0.15, 0.2) is 9.84 Å². The summed E-state index contributed by atoms with van der Waals surface area (Å²) in [5.74, 6) is -0.718. The van der Waals surface area contributed by atoms with Crippen molar-refractivity contribution in [2.45, 2.75) is 16.1 Å². The summed E-state index contributed by atoms with van der Waals surface area (Å²) in [4.78, 5) is 0.287. The van der Waals surface area contributed by atoms with E-state index in [4.69, 9.17) is 0 Å². The SMILES string of the molecule is N#C[C@@H]1[C@H](c2ccc(Br)cc2)[C@@H]1S(=O)(=O)c1ccccc1. The second-order valence-corrected chi connectivity index (χ2v) is 8.08. The normalized spacial score (nSPS) is 24.3. The molecule has 1 aliphatic carbocycles. The zero-order valence-electron chi connectivity index (χ0n) is 11.0. The topological polar surface area (TPSA) is 57.9 Å². The zero-order chi connectivity index (χ0) is 15.0. The molecule has 0 aliphatic heterocycles. The molecule has 0 amide bonds. The lowest BCUT2D eigenvalue weighted by molar-refractivity contribution is 0.593. The standard InChI is InChI=1S/C16H12BrNO2S/c17-12-8-6-11(7-9-12)15-14(10-18)16(15)21(19,20)13-4-2-1-3-5-13/h1-9,14-16H/t14-,15+,16-/m1/s1. The van der Waals surface area contributed by atoms with E-state index in [-0.39, 0.29) is 10.8 Å². The van der Waals surface area contributed by atoms with Crippen molar-refractivity contribution in [2.24, 2.45) is 5.92 Å². The third kappa shape index (κ3) is 2.50. The Morgan fingerprint density at radius 2 is 1.62 bits per heavy atom. The van der Waals surface area contributed by atoms with Crippen molar-refractivity contribution in [3.63, 3.8) is 0 Å². The first-order valence-electron chi connectivity index (χ1n) is 6.50. The summed E-state index contributed by atoms with van der Waals surface area (Å²) in [7, 11) is -3.47. The maximum atomic E-state index is 12.7. The highest BCUT2D eigenvalue weighted by atomic mass is 79.9. The number of halogens is 1. The smallest absolute Gasteiger partial charge is 0.183 e. The number of rotatable bonds is 3. The largest absolute Gasteiger partial charge is 0.223 e. The fourth-order valence-electron chi connectivity index (χ4n) is 2.67. The number of nitriles is 1. The Labute approximate surface area is 132 Å². The van der Waals surface area contributed by atoms with Gasteiger partial charge in [-0.2, -0.15) is 5.26 Å². The van der Waals surface area contributed by atoms with Crippen LogP contribution in [0.2, 0.25) is 0 Å². The molecule has 1 fully saturated rings. The summed E-state index contributed by atoms with van der Waals surface area (Å²) in [6.45, 7) is 0. The summed E-state index contributed by atoms with van der Waals surface area (Å²) in [5, 5.41) is 8.60. The van der Waals surface area contributed by atoms with Crippen molar-refractivity contribution < 1.29 is 8.42 Å². The number of hydrogen-bond acceptors (Lipinski definition) is 3. The van der Waals surface area contributed by atoms with E-state index >= 15 is 0 Å². The fraction of sp³-hybridized carbons (Fsp3) is 0.188. The molecule has 0 heterocycles. The van der Waals surface area contributed by atoms with Crippen LogP contribution >= 0.6 is 15.9 Å². The van der Waals surface area contributed by atoms with Gasteiger partial charge in [-0.1, -0.05) is 46.3 Å². The second kappa shape index (κ2) is 5.28. The van der Waals surface area contributed by atoms with Crippen LogP contribution in [0.15, 0.2) is 64.0 Å². The van der Waals surface area contributed by atoms with Gasteiger partial charge in [-0.25, -0.2) is 8.42 Å². The monoisotopic (exact) mass is 361 g/mol. The highest BCUT2D eigenvalue weighted by molar-refractivity contribution is 9.10. The number of benzene rings is 2. The van der Waals surface area contributed by atoms with Gasteiger partial charge < -0.3 is 0 Å². The van der Waals surface area contributed by atoms with Crippen molar-refractivity contribution in [1.29, 1.82) is 5.26 Å². The van der Waals surface area contributed by atoms with Crippen molar-refractivity contribution in [2.75, 3.05) is 0 Å². The fourth-order valence-corrected chi connectivity index (χ4v) is 5.03. The quantitative estimate of drug-likeness (QED) is 0.839. The van der Waals surface area contributed by atoms with E-state index < -0.39 is 21.0 Å². The molecule has 2 aromatic rings. The minimum absolute atomic E-state index is 0.242. The minimum Gasteiger partial charge on any atom is -0.223 e. The molecule has 3 atom stereocenters. The van der Waals surface area contributed by atoms with Gasteiger partial charge in [0, 0.05) is 10.4 Å². The number of nitrogens with zero attached hydrogens (tertiary/aromatic N) is 1. The van der Waals surface area contributed by atoms with E-state index in [1.165, 1.54) is 0 Å². The molecule has 2 aromatic carbocycles. The zero-order valence-corrected chi connectivity index (χ0v) is 13.4. The molecule has 3 rings (SSSR count). The Hall–Kier alpha value is -1.64. The van der Waals surface area contributed by atoms with Crippen LogP contribution in [0.25, 0.3) is 0 Å². The van der Waals surface area contributed by atoms with Crippen LogP contribution in [0, 0.1) is 17.2 Å². The van der Waals surface area contributed by atoms with Crippen LogP contribution in [-0.2, 0) is 9.84 Å². The molecule has 5 heteroatoms. The Morgan fingerprint density at radius 1 is 1.00 bits per heavy atom. The van der Waals surface area contributed by atoms with Crippen LogP contribution in [0.3, 0.4) is 0 Å². The molecule has 0 aromatic heterocycles. The summed E-state index contributed by atoms with van der Waals surface area (Å²) in [5.41, 5.74) is 0.897. The van der Waals surface area contributed by atoms with Gasteiger partial charge in [0.2, 0.25) is 0 Å². The van der Waals surface area contributed by atoms with Crippen LogP contribution in [0.5, 0.6) is 0 Å². The average molecular weight is 362 g/mol. The molecule has 3 nitrogen and oxygen atoms in total. The Morgan fingerprint density at radius 3 is 2.19 bits per heavy atom. The number of sulfone groups is 1. The molecule has 106 valence electrons. The van der Waals surface area contributed by atoms with Crippen molar-refractivity contribution >= 4 is 25.8 Å². The Kier molecular flexibility index (Phi) is 3.60. The molecule has 21 heavy (non-hydrogen) atoms. The van der Waals surface area contributed by atoms with E-state index in [0.29, 0.717) is 0 Å². The van der Waals surface area contributed by atoms with Crippen LogP contribution in [0.1, 0.15) is 11.5 Å². The molecule has 0 N–H and O–H groups in total. The minimum atomic E-state index is -3.47. The highest BCUT2D eigenvalue weighted by Crippen LogP contribution is 2.53. The first-order valence-corrected chi connectivity index (χ1v) is 8.83. The van der Waals surface area contributed by atoms with Gasteiger partial charge in [-0.3, -0.25) is 0 Å². The Bertz CT molecular complexity index is 794. The van der Waals surface area contributed by atoms with E-state index in [0.717, 1.165) is 10.0 Å². The van der Waals surface area contributed by atoms with E-state index in [1.54, 1.807) is 30.3 Å². The predicted octanol–water partition coefficient (Wildman–Crippen LogP) is 3.53. The summed E-state index contributed by atoms with van der Waals surface area (Å²) >= 11 is 3.36. The maximum absolute atomic E-state index is 12.7. The number of hydrogen-bond donors (Lipinski definition) is 0. The lowest BCUT2D eigenvalue weighted by Gasteiger charge is -2.03. The van der Waals surface area contributed by atoms with Gasteiger partial charge in [-0.05, 0) is 29.8 Å². The van der Waals surface area contributed by atoms with E-state index in [9.17, 15) is 13.7 Å². The third-order valence-electron chi connectivity index (χ3n) is 3.79. The van der Waals surface area contributed by atoms with Crippen molar-refractivity contribution in [3.05, 3.63) is 64.6 Å². The predicted molar refractivity (Wildman–Crippen MR) is 83.4 cm³/mol. The molecule has 0 radical (unpaired) electrons. The van der Waals surface area contributed by atoms with Gasteiger partial charge in [0.1, 0.15) is 0 Å². The summed E-state index contributed by atoms with van der Waals surface area (Å²) in [6, 6.07) is 18.0. The van der Waals surface area contributed by atoms with E-state index in [2.05, 4.69) is 22.0 Å². The van der Waals surface area contributed by atoms with E-state index in [1.807, 2.05) is 24.3 Å².